The molecule has 2 atom stereocenters. The van der Waals surface area contributed by atoms with Crippen LogP contribution in [0.3, 0.4) is 0 Å². The molecule has 0 aliphatic carbocycles. The number of ether oxygens (including phenoxy) is 2. The van der Waals surface area contributed by atoms with Gasteiger partial charge in [0.1, 0.15) is 33.6 Å². The molecule has 7 aromatic rings. The Balaban J connectivity index is 1.16. The second-order valence-electron chi connectivity index (χ2n) is 20.3. The molecule has 0 N–H and O–H groups in total. The Morgan fingerprint density at radius 2 is 0.806 bits per heavy atom. The first-order valence-electron chi connectivity index (χ1n) is 27.8. The molecule has 0 saturated heterocycles. The average Bonchev–Trinajstić information content (AvgIpc) is 4.18. The van der Waals surface area contributed by atoms with E-state index in [2.05, 4.69) is 132 Å². The van der Waals surface area contributed by atoms with Crippen LogP contribution in [0.2, 0.25) is 0 Å². The summed E-state index contributed by atoms with van der Waals surface area (Å²) in [6.07, 6.45) is 33.2. The Hall–Kier alpha value is -3.22. The average molecular weight is 1160 g/mol. The van der Waals surface area contributed by atoms with E-state index in [1.165, 1.54) is 172 Å². The van der Waals surface area contributed by atoms with Crippen LogP contribution < -0.4 is 9.47 Å². The van der Waals surface area contributed by atoms with E-state index in [0.29, 0.717) is 18.4 Å². The van der Waals surface area contributed by atoms with E-state index in [0.717, 1.165) is 91.1 Å². The van der Waals surface area contributed by atoms with Gasteiger partial charge in [-0.1, -0.05) is 169 Å². The summed E-state index contributed by atoms with van der Waals surface area (Å²) in [6, 6.07) is 25.6. The fourth-order valence-corrected chi connectivity index (χ4v) is 13.4. The summed E-state index contributed by atoms with van der Waals surface area (Å²) in [5.41, 5.74) is 8.83. The van der Waals surface area contributed by atoms with Crippen molar-refractivity contribution in [2.45, 2.75) is 188 Å². The Bertz CT molecular complexity index is 2640. The van der Waals surface area contributed by atoms with Crippen LogP contribution in [0.15, 0.2) is 80.4 Å². The Kier molecular flexibility index (Phi) is 24.3. The topological polar surface area (TPSA) is 70.0 Å². The summed E-state index contributed by atoms with van der Waals surface area (Å²) in [4.78, 5) is 13.5. The van der Waals surface area contributed by atoms with Gasteiger partial charge in [-0.25, -0.2) is 9.97 Å². The minimum absolute atomic E-state index is 0.502. The van der Waals surface area contributed by atoms with Crippen molar-refractivity contribution in [2.24, 2.45) is 11.8 Å². The number of unbranched alkanes of at least 4 members (excludes halogenated alkanes) is 19. The summed E-state index contributed by atoms with van der Waals surface area (Å²) in [6.45, 7) is 10.7. The zero-order valence-corrected chi connectivity index (χ0v) is 49.4. The molecular formula is C61H80Br2N4O2S3. The molecule has 0 radical (unpaired) electrons. The number of fused-ring (bicyclic) bond motifs is 2. The van der Waals surface area contributed by atoms with E-state index in [4.69, 9.17) is 28.2 Å². The smallest absolute Gasteiger partial charge is 0.119 e. The molecule has 0 bridgehead atoms. The Morgan fingerprint density at radius 3 is 1.19 bits per heavy atom. The van der Waals surface area contributed by atoms with Crippen LogP contribution >= 0.6 is 66.3 Å². The summed E-state index contributed by atoms with van der Waals surface area (Å²) in [5.74, 6) is 2.85. The van der Waals surface area contributed by atoms with Gasteiger partial charge < -0.3 is 9.47 Å². The van der Waals surface area contributed by atoms with Gasteiger partial charge in [0.15, 0.2) is 0 Å². The third-order valence-electron chi connectivity index (χ3n) is 14.2. The molecule has 0 saturated carbocycles. The molecule has 2 unspecified atom stereocenters. The standard InChI is InChI=1S/C61H80Br2N4O2S3/c1-5-8-11-14-17-19-21-24-27-44(4)42-68-48-34-30-46(31-35-48)56-57(47-32-36-49(37-33-47)69-43-45(28-25-22-16-13-10-7-3)29-26-23-20-18-15-12-9-6-2)65-59-55(51-39-41-53(63)71-51)61-60(66-72-67-61)54(58(59)64-56)50-38-40-52(62)70-50/h30-41,44-45H,5-29,42-43H2,1-4H3. The van der Waals surface area contributed by atoms with Gasteiger partial charge in [0.05, 0.1) is 43.9 Å². The maximum atomic E-state index is 6.68. The molecule has 72 heavy (non-hydrogen) atoms. The molecule has 3 aromatic carbocycles. The lowest BCUT2D eigenvalue weighted by molar-refractivity contribution is 0.224. The van der Waals surface area contributed by atoms with Gasteiger partial charge in [0, 0.05) is 32.0 Å². The highest BCUT2D eigenvalue weighted by atomic mass is 79.9. The third-order valence-corrected chi connectivity index (χ3v) is 18.0. The second kappa shape index (κ2) is 31.0. The predicted molar refractivity (Wildman–Crippen MR) is 320 cm³/mol. The van der Waals surface area contributed by atoms with Crippen LogP contribution in [0.1, 0.15) is 188 Å². The first-order chi connectivity index (χ1) is 35.4. The number of nitrogens with zero attached hydrogens (tertiary/aromatic N) is 4. The quantitative estimate of drug-likeness (QED) is 0.0369. The van der Waals surface area contributed by atoms with Gasteiger partial charge in [-0.2, -0.15) is 8.75 Å². The molecular weight excluding hydrogens is 1080 g/mol. The van der Waals surface area contributed by atoms with Crippen LogP contribution in [0, 0.1) is 11.8 Å². The number of benzene rings is 3. The predicted octanol–water partition coefficient (Wildman–Crippen LogP) is 21.8. The molecule has 7 rings (SSSR count). The van der Waals surface area contributed by atoms with Crippen LogP contribution in [0.4, 0.5) is 0 Å². The minimum Gasteiger partial charge on any atom is -0.493 e. The monoisotopic (exact) mass is 1150 g/mol. The number of rotatable bonds is 35. The molecule has 0 aliphatic rings. The largest absolute Gasteiger partial charge is 0.493 e. The van der Waals surface area contributed by atoms with E-state index >= 15 is 0 Å². The summed E-state index contributed by atoms with van der Waals surface area (Å²) < 4.78 is 25.1. The Morgan fingerprint density at radius 1 is 0.431 bits per heavy atom. The van der Waals surface area contributed by atoms with Gasteiger partial charge in [0.25, 0.3) is 0 Å². The minimum atomic E-state index is 0.502. The fourth-order valence-electron chi connectivity index (χ4n) is 9.96. The van der Waals surface area contributed by atoms with Gasteiger partial charge in [-0.05, 0) is 136 Å². The molecule has 4 heterocycles. The number of halogens is 2. The maximum absolute atomic E-state index is 6.68. The molecule has 11 heteroatoms. The number of thiophene rings is 2. The molecule has 0 aliphatic heterocycles. The Labute approximate surface area is 461 Å². The number of hydrogen-bond acceptors (Lipinski definition) is 9. The molecule has 6 nitrogen and oxygen atoms in total. The lowest BCUT2D eigenvalue weighted by Crippen LogP contribution is -2.12. The van der Waals surface area contributed by atoms with E-state index in [-0.39, 0.29) is 0 Å². The summed E-state index contributed by atoms with van der Waals surface area (Å²) in [5, 5.41) is 0. The molecule has 4 aromatic heterocycles. The summed E-state index contributed by atoms with van der Waals surface area (Å²) >= 11 is 12.1. The van der Waals surface area contributed by atoms with Crippen molar-refractivity contribution < 1.29 is 9.47 Å². The molecule has 0 fully saturated rings. The van der Waals surface area contributed by atoms with Crippen molar-refractivity contribution in [1.82, 2.24) is 18.7 Å². The van der Waals surface area contributed by atoms with E-state index < -0.39 is 0 Å². The van der Waals surface area contributed by atoms with Crippen LogP contribution in [0.25, 0.3) is 65.5 Å². The molecule has 0 amide bonds. The number of hydrogen-bond donors (Lipinski definition) is 0. The van der Waals surface area contributed by atoms with Crippen LogP contribution in [0.5, 0.6) is 11.5 Å². The van der Waals surface area contributed by atoms with Crippen molar-refractivity contribution >= 4 is 88.3 Å². The fraction of sp³-hybridized carbons (Fsp3) is 0.541. The van der Waals surface area contributed by atoms with Crippen molar-refractivity contribution in [2.75, 3.05) is 13.2 Å². The van der Waals surface area contributed by atoms with E-state index in [9.17, 15) is 0 Å². The van der Waals surface area contributed by atoms with E-state index in [1.54, 1.807) is 22.7 Å². The van der Waals surface area contributed by atoms with Gasteiger partial charge >= 0.3 is 0 Å². The lowest BCUT2D eigenvalue weighted by Gasteiger charge is -2.18. The zero-order chi connectivity index (χ0) is 50.3. The van der Waals surface area contributed by atoms with Crippen molar-refractivity contribution in [1.29, 1.82) is 0 Å². The maximum Gasteiger partial charge on any atom is 0.119 e. The summed E-state index contributed by atoms with van der Waals surface area (Å²) in [7, 11) is 0. The highest BCUT2D eigenvalue weighted by molar-refractivity contribution is 9.11. The SMILES string of the molecule is CCCCCCCCCCC(C)COc1ccc(-c2nc3c(-c4ccc(Br)s4)c4nsnc4c(-c4ccc(Br)s4)c3nc2-c2ccc(OCC(CCCCCCCC)CCCCCCCCCC)cc2)cc1. The van der Waals surface area contributed by atoms with Gasteiger partial charge in [-0.15, -0.1) is 22.7 Å². The highest BCUT2D eigenvalue weighted by Crippen LogP contribution is 2.47. The lowest BCUT2D eigenvalue weighted by atomic mass is 9.94. The normalized spacial score (nSPS) is 12.6. The highest BCUT2D eigenvalue weighted by Gasteiger charge is 2.26. The van der Waals surface area contributed by atoms with Gasteiger partial charge in [-0.3, -0.25) is 0 Å². The van der Waals surface area contributed by atoms with Crippen molar-refractivity contribution in [3.63, 3.8) is 0 Å². The zero-order valence-electron chi connectivity index (χ0n) is 43.8. The van der Waals surface area contributed by atoms with Crippen molar-refractivity contribution in [3.8, 4) is 54.9 Å². The van der Waals surface area contributed by atoms with E-state index in [1.807, 2.05) is 0 Å². The van der Waals surface area contributed by atoms with Crippen molar-refractivity contribution in [3.05, 3.63) is 80.4 Å². The number of aromatic nitrogens is 4. The molecule has 0 spiro atoms. The molecule has 388 valence electrons. The van der Waals surface area contributed by atoms with Crippen LogP contribution in [-0.4, -0.2) is 31.9 Å². The first kappa shape index (κ1) is 56.5. The second-order valence-corrected chi connectivity index (χ2v) is 25.7. The third kappa shape index (κ3) is 16.9. The first-order valence-corrected chi connectivity index (χ1v) is 31.8. The van der Waals surface area contributed by atoms with Gasteiger partial charge in [0.2, 0.25) is 0 Å². The van der Waals surface area contributed by atoms with Crippen LogP contribution in [-0.2, 0) is 0 Å².